The maximum absolute atomic E-state index is 12.1. The van der Waals surface area contributed by atoms with Crippen molar-refractivity contribution in [2.75, 3.05) is 18.5 Å². The fraction of sp³-hybridized carbons (Fsp3) is 0.364. The highest BCUT2D eigenvalue weighted by atomic mass is 32.1. The Morgan fingerprint density at radius 1 is 1.43 bits per heavy atom. The Balaban J connectivity index is 2.95. The molecule has 0 saturated carbocycles. The van der Waals surface area contributed by atoms with Crippen LogP contribution >= 0.6 is 12.2 Å². The Labute approximate surface area is 123 Å². The summed E-state index contributed by atoms with van der Waals surface area (Å²) in [5.74, 6) is -0.275. The number of hydrogen-bond donors (Lipinski definition) is 2. The molecular formula is C11H12F3N3O3S. The van der Waals surface area contributed by atoms with Gasteiger partial charge >= 0.3 is 6.18 Å². The van der Waals surface area contributed by atoms with Crippen LogP contribution in [0.5, 0.6) is 5.75 Å². The largest absolute Gasteiger partial charge is 0.484 e. The third-order valence-electron chi connectivity index (χ3n) is 2.10. The number of non-ortho nitro benzene ring substituents is 1. The molecule has 0 atom stereocenters. The molecule has 0 aliphatic carbocycles. The molecule has 2 N–H and O–H groups in total. The van der Waals surface area contributed by atoms with E-state index in [9.17, 15) is 23.3 Å². The molecular weight excluding hydrogens is 311 g/mol. The number of nitro groups is 1. The maximum atomic E-state index is 12.1. The number of alkyl halides is 3. The molecule has 0 bridgehead atoms. The molecule has 0 aliphatic heterocycles. The Hall–Kier alpha value is -2.10. The van der Waals surface area contributed by atoms with Gasteiger partial charge in [0, 0.05) is 18.7 Å². The van der Waals surface area contributed by atoms with Gasteiger partial charge in [-0.2, -0.15) is 13.2 Å². The minimum atomic E-state index is -4.53. The Bertz CT molecular complexity index is 537. The lowest BCUT2D eigenvalue weighted by atomic mass is 10.2. The number of halogens is 3. The van der Waals surface area contributed by atoms with E-state index in [1.165, 1.54) is 6.07 Å². The number of benzene rings is 1. The number of rotatable bonds is 5. The van der Waals surface area contributed by atoms with E-state index in [0.29, 0.717) is 6.54 Å². The zero-order chi connectivity index (χ0) is 16.0. The van der Waals surface area contributed by atoms with E-state index < -0.39 is 23.4 Å². The van der Waals surface area contributed by atoms with E-state index in [1.807, 2.05) is 0 Å². The van der Waals surface area contributed by atoms with Crippen molar-refractivity contribution in [2.45, 2.75) is 13.1 Å². The van der Waals surface area contributed by atoms with Crippen LogP contribution in [0.25, 0.3) is 0 Å². The van der Waals surface area contributed by atoms with Gasteiger partial charge in [0.05, 0.1) is 16.7 Å². The van der Waals surface area contributed by atoms with Gasteiger partial charge in [0.25, 0.3) is 5.69 Å². The van der Waals surface area contributed by atoms with Crippen LogP contribution in [0.3, 0.4) is 0 Å². The smallest absolute Gasteiger partial charge is 0.422 e. The second-order valence-electron chi connectivity index (χ2n) is 3.86. The quantitative estimate of drug-likeness (QED) is 0.493. The van der Waals surface area contributed by atoms with Gasteiger partial charge in [0.15, 0.2) is 11.7 Å². The lowest BCUT2D eigenvalue weighted by Gasteiger charge is -2.12. The molecule has 6 nitrogen and oxygen atoms in total. The second-order valence-corrected chi connectivity index (χ2v) is 4.27. The number of hydrogen-bond acceptors (Lipinski definition) is 4. The van der Waals surface area contributed by atoms with Gasteiger partial charge in [-0.15, -0.1) is 0 Å². The minimum Gasteiger partial charge on any atom is -0.484 e. The summed E-state index contributed by atoms with van der Waals surface area (Å²) < 4.78 is 40.8. The molecule has 0 spiro atoms. The summed E-state index contributed by atoms with van der Waals surface area (Å²) >= 11 is 4.90. The van der Waals surface area contributed by atoms with Crippen LogP contribution in [0.4, 0.5) is 24.5 Å². The first-order valence-electron chi connectivity index (χ1n) is 5.75. The van der Waals surface area contributed by atoms with Gasteiger partial charge in [-0.1, -0.05) is 0 Å². The summed E-state index contributed by atoms with van der Waals surface area (Å²) in [5, 5.41) is 16.3. The molecule has 0 aliphatic rings. The number of anilines is 1. The van der Waals surface area contributed by atoms with Gasteiger partial charge in [-0.25, -0.2) is 0 Å². The number of thiocarbonyl (C=S) groups is 1. The van der Waals surface area contributed by atoms with Crippen molar-refractivity contribution >= 4 is 28.7 Å². The fourth-order valence-corrected chi connectivity index (χ4v) is 1.61. The van der Waals surface area contributed by atoms with Gasteiger partial charge in [-0.3, -0.25) is 10.1 Å². The van der Waals surface area contributed by atoms with Gasteiger partial charge < -0.3 is 15.4 Å². The summed E-state index contributed by atoms with van der Waals surface area (Å²) in [6.45, 7) is 0.781. The third kappa shape index (κ3) is 6.25. The van der Waals surface area contributed by atoms with Crippen LogP contribution in [0.2, 0.25) is 0 Å². The second kappa shape index (κ2) is 7.07. The normalized spacial score (nSPS) is 10.9. The van der Waals surface area contributed by atoms with Crippen LogP contribution in [0.1, 0.15) is 6.92 Å². The van der Waals surface area contributed by atoms with Crippen molar-refractivity contribution in [3.63, 3.8) is 0 Å². The first-order chi connectivity index (χ1) is 9.71. The number of nitrogens with zero attached hydrogens (tertiary/aromatic N) is 1. The standard InChI is InChI=1S/C11H12F3N3O3S/c1-2-15-10(21)16-7-3-8(17(18)19)5-9(4-7)20-6-11(12,13)14/h3-5H,2,6H2,1H3,(H2,15,16,21). The monoisotopic (exact) mass is 323 g/mol. The van der Waals surface area contributed by atoms with Crippen molar-refractivity contribution in [3.05, 3.63) is 28.3 Å². The van der Waals surface area contributed by atoms with E-state index in [0.717, 1.165) is 12.1 Å². The summed E-state index contributed by atoms with van der Waals surface area (Å²) in [4.78, 5) is 10.0. The lowest BCUT2D eigenvalue weighted by molar-refractivity contribution is -0.384. The van der Waals surface area contributed by atoms with Gasteiger partial charge in [0.1, 0.15) is 5.75 Å². The highest BCUT2D eigenvalue weighted by Gasteiger charge is 2.28. The highest BCUT2D eigenvalue weighted by molar-refractivity contribution is 7.80. The van der Waals surface area contributed by atoms with Crippen LogP contribution in [-0.4, -0.2) is 29.4 Å². The van der Waals surface area contributed by atoms with Crippen molar-refractivity contribution < 1.29 is 22.8 Å². The van der Waals surface area contributed by atoms with Crippen molar-refractivity contribution in [3.8, 4) is 5.75 Å². The summed E-state index contributed by atoms with van der Waals surface area (Å²) in [7, 11) is 0. The van der Waals surface area contributed by atoms with Crippen molar-refractivity contribution in [2.24, 2.45) is 0 Å². The van der Waals surface area contributed by atoms with E-state index in [1.54, 1.807) is 6.92 Å². The maximum Gasteiger partial charge on any atom is 0.422 e. The molecule has 0 saturated heterocycles. The first-order valence-corrected chi connectivity index (χ1v) is 6.16. The molecule has 0 fully saturated rings. The summed E-state index contributed by atoms with van der Waals surface area (Å²) in [6.07, 6.45) is -4.53. The molecule has 21 heavy (non-hydrogen) atoms. The average molecular weight is 323 g/mol. The molecule has 116 valence electrons. The first kappa shape index (κ1) is 17.0. The SMILES string of the molecule is CCNC(=S)Nc1cc(OCC(F)(F)F)cc([N+](=O)[O-])c1. The third-order valence-corrected chi connectivity index (χ3v) is 2.35. The zero-order valence-electron chi connectivity index (χ0n) is 10.9. The van der Waals surface area contributed by atoms with Crippen molar-refractivity contribution in [1.82, 2.24) is 5.32 Å². The van der Waals surface area contributed by atoms with E-state index in [-0.39, 0.29) is 16.5 Å². The molecule has 0 unspecified atom stereocenters. The van der Waals surface area contributed by atoms with E-state index in [4.69, 9.17) is 12.2 Å². The summed E-state index contributed by atoms with van der Waals surface area (Å²) in [6, 6.07) is 3.25. The highest BCUT2D eigenvalue weighted by Crippen LogP contribution is 2.27. The molecule has 0 radical (unpaired) electrons. The average Bonchev–Trinajstić information content (AvgIpc) is 2.35. The number of ether oxygens (including phenoxy) is 1. The van der Waals surface area contributed by atoms with Crippen LogP contribution in [0.15, 0.2) is 18.2 Å². The Morgan fingerprint density at radius 2 is 2.10 bits per heavy atom. The van der Waals surface area contributed by atoms with Gasteiger partial charge in [0.2, 0.25) is 0 Å². The molecule has 1 rings (SSSR count). The molecule has 0 amide bonds. The van der Waals surface area contributed by atoms with E-state index in [2.05, 4.69) is 15.4 Å². The van der Waals surface area contributed by atoms with Gasteiger partial charge in [-0.05, 0) is 19.1 Å². The summed E-state index contributed by atoms with van der Waals surface area (Å²) in [5.41, 5.74) is -0.246. The van der Waals surface area contributed by atoms with Crippen LogP contribution in [0, 0.1) is 10.1 Å². The fourth-order valence-electron chi connectivity index (χ4n) is 1.35. The van der Waals surface area contributed by atoms with Crippen molar-refractivity contribution in [1.29, 1.82) is 0 Å². The predicted octanol–water partition coefficient (Wildman–Crippen LogP) is 2.84. The zero-order valence-corrected chi connectivity index (χ0v) is 11.7. The lowest BCUT2D eigenvalue weighted by Crippen LogP contribution is -2.28. The number of nitro benzene ring substituents is 1. The topological polar surface area (TPSA) is 76.4 Å². The molecule has 1 aromatic rings. The Kier molecular flexibility index (Phi) is 5.70. The molecule has 10 heteroatoms. The molecule has 0 heterocycles. The van der Waals surface area contributed by atoms with E-state index >= 15 is 0 Å². The number of nitrogens with one attached hydrogen (secondary N) is 2. The minimum absolute atomic E-state index is 0.160. The molecule has 1 aromatic carbocycles. The predicted molar refractivity (Wildman–Crippen MR) is 74.5 cm³/mol. The van der Waals surface area contributed by atoms with Crippen LogP contribution in [-0.2, 0) is 0 Å². The molecule has 0 aromatic heterocycles. The Morgan fingerprint density at radius 3 is 2.62 bits per heavy atom. The van der Waals surface area contributed by atoms with Crippen LogP contribution < -0.4 is 15.4 Å².